The van der Waals surface area contributed by atoms with Crippen LogP contribution in [0.25, 0.3) is 27.7 Å². The van der Waals surface area contributed by atoms with E-state index < -0.39 is 22.8 Å². The number of methoxy groups -OCH3 is 1. The second-order valence-corrected chi connectivity index (χ2v) is 8.66. The van der Waals surface area contributed by atoms with Crippen LogP contribution in [0.5, 0.6) is 11.5 Å². The Morgan fingerprint density at radius 1 is 1.12 bits per heavy atom. The molecule has 2 aromatic carbocycles. The first-order valence-electron chi connectivity index (χ1n) is 10.2. The van der Waals surface area contributed by atoms with Gasteiger partial charge in [-0.15, -0.1) is 0 Å². The van der Waals surface area contributed by atoms with E-state index in [-0.39, 0.29) is 15.9 Å². The molecule has 0 amide bonds. The Balaban J connectivity index is 1.90. The zero-order chi connectivity index (χ0) is 24.1. The smallest absolute Gasteiger partial charge is 0.354 e. The van der Waals surface area contributed by atoms with Gasteiger partial charge in [0.25, 0.3) is 5.56 Å². The minimum Gasteiger partial charge on any atom is -0.505 e. The quantitative estimate of drug-likeness (QED) is 0.414. The van der Waals surface area contributed by atoms with Crippen molar-refractivity contribution in [1.29, 1.82) is 0 Å². The highest BCUT2D eigenvalue weighted by Crippen LogP contribution is 2.38. The fourth-order valence-electron chi connectivity index (χ4n) is 3.99. The zero-order valence-corrected chi connectivity index (χ0v) is 19.1. The highest BCUT2D eigenvalue weighted by atomic mass is 32.2. The van der Waals surface area contributed by atoms with Crippen LogP contribution >= 0.6 is 11.8 Å². The van der Waals surface area contributed by atoms with Crippen molar-refractivity contribution in [3.63, 3.8) is 0 Å². The lowest BCUT2D eigenvalue weighted by Gasteiger charge is -2.13. The van der Waals surface area contributed by atoms with E-state index in [4.69, 9.17) is 9.15 Å². The van der Waals surface area contributed by atoms with Gasteiger partial charge in [0.1, 0.15) is 27.5 Å². The van der Waals surface area contributed by atoms with Crippen molar-refractivity contribution in [3.8, 4) is 17.2 Å². The van der Waals surface area contributed by atoms with Crippen molar-refractivity contribution in [1.82, 2.24) is 14.3 Å². The Kier molecular flexibility index (Phi) is 5.17. The van der Waals surface area contributed by atoms with Gasteiger partial charge in [0.2, 0.25) is 0 Å². The maximum atomic E-state index is 13.8. The topological polar surface area (TPSA) is 99.5 Å². The molecule has 0 fully saturated rings. The summed E-state index contributed by atoms with van der Waals surface area (Å²) in [6.07, 6.45) is 0. The highest BCUT2D eigenvalue weighted by molar-refractivity contribution is 7.99. The molecule has 5 aromatic rings. The lowest BCUT2D eigenvalue weighted by molar-refractivity contribution is 0.414. The van der Waals surface area contributed by atoms with Gasteiger partial charge in [-0.1, -0.05) is 23.9 Å². The third kappa shape index (κ3) is 3.34. The summed E-state index contributed by atoms with van der Waals surface area (Å²) in [5, 5.41) is 15.8. The minimum absolute atomic E-state index is 0.0594. The molecule has 0 spiro atoms. The SMILES string of the molecule is COc1cccc(-n2c(=O)c3c(O)c(Sc4cccc(F)c4)c(=O)oc3c3c(C)nn(C)c32)c1. The summed E-state index contributed by atoms with van der Waals surface area (Å²) in [4.78, 5) is 26.8. The summed E-state index contributed by atoms with van der Waals surface area (Å²) in [6, 6.07) is 12.4. The number of pyridine rings is 1. The van der Waals surface area contributed by atoms with Crippen LogP contribution in [0, 0.1) is 12.7 Å². The average molecular weight is 479 g/mol. The third-order valence-electron chi connectivity index (χ3n) is 5.43. The van der Waals surface area contributed by atoms with Crippen molar-refractivity contribution in [2.75, 3.05) is 7.11 Å². The fraction of sp³-hybridized carbons (Fsp3) is 0.125. The molecule has 0 aliphatic rings. The first-order valence-corrected chi connectivity index (χ1v) is 11.0. The van der Waals surface area contributed by atoms with Crippen LogP contribution in [0.15, 0.2) is 72.3 Å². The number of aromatic nitrogens is 3. The van der Waals surface area contributed by atoms with Gasteiger partial charge < -0.3 is 14.3 Å². The first-order chi connectivity index (χ1) is 16.3. The van der Waals surface area contributed by atoms with Gasteiger partial charge in [-0.2, -0.15) is 5.10 Å². The van der Waals surface area contributed by atoms with E-state index >= 15 is 0 Å². The maximum absolute atomic E-state index is 13.8. The third-order valence-corrected chi connectivity index (χ3v) is 6.49. The lowest BCUT2D eigenvalue weighted by Crippen LogP contribution is -2.22. The number of rotatable bonds is 4. The molecular weight excluding hydrogens is 461 g/mol. The summed E-state index contributed by atoms with van der Waals surface area (Å²) >= 11 is 0.816. The van der Waals surface area contributed by atoms with Crippen molar-refractivity contribution in [2.45, 2.75) is 16.7 Å². The van der Waals surface area contributed by atoms with E-state index in [0.717, 1.165) is 11.8 Å². The molecule has 0 unspecified atom stereocenters. The molecule has 0 bridgehead atoms. The van der Waals surface area contributed by atoms with E-state index in [1.165, 1.54) is 34.6 Å². The Bertz CT molecular complexity index is 1720. The predicted octanol–water partition coefficient (Wildman–Crippen LogP) is 4.14. The Hall–Kier alpha value is -4.05. The highest BCUT2D eigenvalue weighted by Gasteiger charge is 2.26. The Morgan fingerprint density at radius 2 is 1.88 bits per heavy atom. The van der Waals surface area contributed by atoms with E-state index in [1.807, 2.05) is 0 Å². The summed E-state index contributed by atoms with van der Waals surface area (Å²) < 4.78 is 27.4. The molecule has 5 rings (SSSR count). The van der Waals surface area contributed by atoms with Crippen molar-refractivity contribution in [3.05, 3.63) is 80.8 Å². The largest absolute Gasteiger partial charge is 0.505 e. The van der Waals surface area contributed by atoms with Crippen molar-refractivity contribution in [2.24, 2.45) is 7.05 Å². The number of hydrogen-bond acceptors (Lipinski definition) is 7. The van der Waals surface area contributed by atoms with Crippen LogP contribution in [0.2, 0.25) is 0 Å². The molecule has 0 atom stereocenters. The summed E-state index contributed by atoms with van der Waals surface area (Å²) in [7, 11) is 3.19. The zero-order valence-electron chi connectivity index (χ0n) is 18.3. The average Bonchev–Trinajstić information content (AvgIpc) is 3.10. The standard InChI is InChI=1S/C24H18FN3O5S/c1-12-17-20-18(19(29)21(24(31)33-20)34-16-9-4-6-13(25)10-16)23(30)28(22(17)27(2)26-12)14-7-5-8-15(11-14)32-3/h4-11,29H,1-3H3. The first kappa shape index (κ1) is 21.8. The number of fused-ring (bicyclic) bond motifs is 3. The van der Waals surface area contributed by atoms with Crippen LogP contribution in [-0.4, -0.2) is 26.6 Å². The number of benzene rings is 2. The second-order valence-electron chi connectivity index (χ2n) is 7.58. The number of nitrogens with zero attached hydrogens (tertiary/aromatic N) is 3. The molecule has 0 saturated carbocycles. The van der Waals surface area contributed by atoms with Crippen LogP contribution in [0.1, 0.15) is 5.69 Å². The molecule has 172 valence electrons. The fourth-order valence-corrected chi connectivity index (χ4v) is 4.86. The van der Waals surface area contributed by atoms with Gasteiger partial charge in [0.05, 0.1) is 23.9 Å². The normalized spacial score (nSPS) is 11.4. The van der Waals surface area contributed by atoms with Crippen molar-refractivity contribution >= 4 is 33.8 Å². The molecule has 3 aromatic heterocycles. The van der Waals surface area contributed by atoms with Crippen LogP contribution in [0.4, 0.5) is 4.39 Å². The minimum atomic E-state index is -0.845. The number of halogens is 1. The molecule has 0 radical (unpaired) electrons. The lowest BCUT2D eigenvalue weighted by atomic mass is 10.1. The van der Waals surface area contributed by atoms with E-state index in [9.17, 15) is 19.1 Å². The van der Waals surface area contributed by atoms with Gasteiger partial charge in [-0.25, -0.2) is 9.18 Å². The molecule has 0 saturated heterocycles. The molecule has 34 heavy (non-hydrogen) atoms. The van der Waals surface area contributed by atoms with Crippen LogP contribution in [0.3, 0.4) is 0 Å². The van der Waals surface area contributed by atoms with Crippen LogP contribution < -0.4 is 15.9 Å². The van der Waals surface area contributed by atoms with Gasteiger partial charge in [0, 0.05) is 18.0 Å². The number of aryl methyl sites for hydroxylation is 2. The molecule has 1 N–H and O–H groups in total. The number of ether oxygens (including phenoxy) is 1. The van der Waals surface area contributed by atoms with E-state index in [2.05, 4.69) is 5.10 Å². The van der Waals surface area contributed by atoms with Gasteiger partial charge in [0.15, 0.2) is 11.3 Å². The molecule has 3 heterocycles. The number of aromatic hydroxyl groups is 1. The van der Waals surface area contributed by atoms with Crippen LogP contribution in [-0.2, 0) is 7.05 Å². The molecule has 10 heteroatoms. The summed E-state index contributed by atoms with van der Waals surface area (Å²) in [6.45, 7) is 1.72. The van der Waals surface area contributed by atoms with Crippen molar-refractivity contribution < 1.29 is 18.7 Å². The molecule has 8 nitrogen and oxygen atoms in total. The second kappa shape index (κ2) is 8.07. The molecule has 0 aliphatic heterocycles. The molecular formula is C24H18FN3O5S. The Labute approximate surface area is 195 Å². The van der Waals surface area contributed by atoms with E-state index in [1.54, 1.807) is 44.3 Å². The van der Waals surface area contributed by atoms with Gasteiger partial charge >= 0.3 is 5.63 Å². The van der Waals surface area contributed by atoms with Gasteiger partial charge in [-0.3, -0.25) is 14.0 Å². The monoisotopic (exact) mass is 479 g/mol. The number of hydrogen-bond donors (Lipinski definition) is 1. The predicted molar refractivity (Wildman–Crippen MR) is 126 cm³/mol. The Morgan fingerprint density at radius 3 is 2.62 bits per heavy atom. The van der Waals surface area contributed by atoms with E-state index in [0.29, 0.717) is 33.1 Å². The summed E-state index contributed by atoms with van der Waals surface area (Å²) in [5.41, 5.74) is -0.146. The van der Waals surface area contributed by atoms with Gasteiger partial charge in [-0.05, 0) is 37.3 Å². The summed E-state index contributed by atoms with van der Waals surface area (Å²) in [5.74, 6) is -0.502. The maximum Gasteiger partial charge on any atom is 0.354 e. The molecule has 0 aliphatic carbocycles.